The van der Waals surface area contributed by atoms with Crippen LogP contribution < -0.4 is 16.0 Å². The number of rotatable bonds is 6. The van der Waals surface area contributed by atoms with Crippen molar-refractivity contribution in [3.8, 4) is 0 Å². The summed E-state index contributed by atoms with van der Waals surface area (Å²) in [4.78, 5) is 28.9. The number of anilines is 2. The number of aromatic nitrogens is 2. The summed E-state index contributed by atoms with van der Waals surface area (Å²) in [6.45, 7) is 0.251. The van der Waals surface area contributed by atoms with E-state index in [4.69, 9.17) is 0 Å². The van der Waals surface area contributed by atoms with Crippen molar-refractivity contribution in [2.24, 2.45) is 0 Å². The Morgan fingerprint density at radius 3 is 2.78 bits per heavy atom. The average Bonchev–Trinajstić information content (AvgIpc) is 2.37. The molecule has 98 valence electrons. The molecule has 1 rings (SSSR count). The molecule has 0 saturated heterocycles. The Morgan fingerprint density at radius 2 is 2.22 bits per heavy atom. The molecule has 0 spiro atoms. The zero-order valence-corrected chi connectivity index (χ0v) is 10.1. The van der Waals surface area contributed by atoms with E-state index in [9.17, 15) is 14.9 Å². The third kappa shape index (κ3) is 3.54. The topological polar surface area (TPSA) is 122 Å². The maximum atomic E-state index is 11.0. The molecule has 9 heteroatoms. The first-order chi connectivity index (χ1) is 8.58. The van der Waals surface area contributed by atoms with E-state index in [2.05, 4.69) is 25.9 Å². The summed E-state index contributed by atoms with van der Waals surface area (Å²) in [5.74, 6) is 0.194. The lowest BCUT2D eigenvalue weighted by Crippen LogP contribution is -2.21. The second-order valence-electron chi connectivity index (χ2n) is 3.28. The van der Waals surface area contributed by atoms with Crippen molar-refractivity contribution < 1.29 is 9.72 Å². The van der Waals surface area contributed by atoms with Gasteiger partial charge in [0.1, 0.15) is 6.20 Å². The molecule has 3 N–H and O–H groups in total. The molecule has 0 fully saturated rings. The van der Waals surface area contributed by atoms with Gasteiger partial charge in [0.15, 0.2) is 0 Å². The molecular weight excluding hydrogens is 240 g/mol. The van der Waals surface area contributed by atoms with E-state index >= 15 is 0 Å². The van der Waals surface area contributed by atoms with Crippen LogP contribution in [0.1, 0.15) is 6.42 Å². The lowest BCUT2D eigenvalue weighted by atomic mass is 10.4. The smallest absolute Gasteiger partial charge is 0.329 e. The fourth-order valence-corrected chi connectivity index (χ4v) is 1.18. The Morgan fingerprint density at radius 1 is 1.50 bits per heavy atom. The van der Waals surface area contributed by atoms with E-state index in [0.29, 0.717) is 0 Å². The highest BCUT2D eigenvalue weighted by atomic mass is 16.6. The number of carbonyl (C=O) groups excluding carboxylic acids is 1. The van der Waals surface area contributed by atoms with Crippen molar-refractivity contribution in [1.82, 2.24) is 15.3 Å². The minimum Gasteiger partial charge on any atom is -0.364 e. The van der Waals surface area contributed by atoms with Crippen molar-refractivity contribution in [2.45, 2.75) is 6.42 Å². The molecule has 0 unspecified atom stereocenters. The van der Waals surface area contributed by atoms with Crippen molar-refractivity contribution in [3.05, 3.63) is 16.3 Å². The molecule has 0 bridgehead atoms. The summed E-state index contributed by atoms with van der Waals surface area (Å²) in [6.07, 6.45) is 1.31. The zero-order valence-electron chi connectivity index (χ0n) is 10.1. The number of nitrogens with zero attached hydrogens (tertiary/aromatic N) is 3. The second-order valence-corrected chi connectivity index (χ2v) is 3.28. The first kappa shape index (κ1) is 13.6. The Balaban J connectivity index is 2.78. The van der Waals surface area contributed by atoms with Crippen LogP contribution in [0.2, 0.25) is 0 Å². The van der Waals surface area contributed by atoms with Gasteiger partial charge in [-0.2, -0.15) is 4.98 Å². The summed E-state index contributed by atoms with van der Waals surface area (Å²) in [5, 5.41) is 18.6. The molecule has 0 radical (unpaired) electrons. The quantitative estimate of drug-likeness (QED) is 0.481. The highest BCUT2D eigenvalue weighted by Crippen LogP contribution is 2.21. The number of hydrogen-bond donors (Lipinski definition) is 3. The summed E-state index contributed by atoms with van der Waals surface area (Å²) >= 11 is 0. The van der Waals surface area contributed by atoms with Crippen LogP contribution in [0, 0.1) is 10.1 Å². The van der Waals surface area contributed by atoms with Crippen molar-refractivity contribution in [2.75, 3.05) is 31.3 Å². The van der Waals surface area contributed by atoms with Crippen molar-refractivity contribution in [3.63, 3.8) is 0 Å². The first-order valence-corrected chi connectivity index (χ1v) is 5.22. The van der Waals surface area contributed by atoms with Gasteiger partial charge < -0.3 is 16.0 Å². The number of nitro groups is 1. The molecule has 9 nitrogen and oxygen atoms in total. The maximum absolute atomic E-state index is 11.0. The molecule has 0 atom stereocenters. The van der Waals surface area contributed by atoms with E-state index in [1.165, 1.54) is 7.05 Å². The Bertz CT molecular complexity index is 450. The lowest BCUT2D eigenvalue weighted by molar-refractivity contribution is -0.384. The zero-order chi connectivity index (χ0) is 13.5. The van der Waals surface area contributed by atoms with Crippen LogP contribution in [0.5, 0.6) is 0 Å². The summed E-state index contributed by atoms with van der Waals surface area (Å²) < 4.78 is 0. The van der Waals surface area contributed by atoms with Crippen LogP contribution in [-0.4, -0.2) is 41.4 Å². The molecule has 18 heavy (non-hydrogen) atoms. The molecule has 1 amide bonds. The highest BCUT2D eigenvalue weighted by molar-refractivity contribution is 5.76. The van der Waals surface area contributed by atoms with Gasteiger partial charge in [0.05, 0.1) is 4.92 Å². The molecule has 0 aromatic carbocycles. The third-order valence-electron chi connectivity index (χ3n) is 2.11. The van der Waals surface area contributed by atoms with Gasteiger partial charge in [0.2, 0.25) is 17.7 Å². The molecule has 0 aliphatic rings. The average molecular weight is 254 g/mol. The maximum Gasteiger partial charge on any atom is 0.329 e. The van der Waals surface area contributed by atoms with Gasteiger partial charge >= 0.3 is 5.69 Å². The monoisotopic (exact) mass is 254 g/mol. The molecule has 1 heterocycles. The van der Waals surface area contributed by atoms with E-state index in [-0.39, 0.29) is 36.3 Å². The lowest BCUT2D eigenvalue weighted by Gasteiger charge is -2.06. The van der Waals surface area contributed by atoms with Crippen LogP contribution in [0.25, 0.3) is 0 Å². The predicted octanol–water partition coefficient (Wildman–Crippen LogP) is -0.0255. The van der Waals surface area contributed by atoms with Crippen molar-refractivity contribution in [1.29, 1.82) is 0 Å². The van der Waals surface area contributed by atoms with Crippen LogP contribution in [0.15, 0.2) is 6.20 Å². The minimum atomic E-state index is -0.582. The standard InChI is InChI=1S/C9H14N6O3/c1-10-7(16)3-4-12-8-6(15(17)18)5-13-9(11-2)14-8/h5H,3-4H2,1-2H3,(H,10,16)(H2,11,12,13,14). The van der Waals surface area contributed by atoms with Crippen LogP contribution in [0.4, 0.5) is 17.5 Å². The van der Waals surface area contributed by atoms with Crippen molar-refractivity contribution >= 4 is 23.4 Å². The molecule has 1 aromatic rings. The van der Waals surface area contributed by atoms with Crippen LogP contribution in [0.3, 0.4) is 0 Å². The number of nitrogens with one attached hydrogen (secondary N) is 3. The second kappa shape index (κ2) is 6.33. The normalized spacial score (nSPS) is 9.67. The van der Waals surface area contributed by atoms with E-state index in [1.807, 2.05) is 0 Å². The summed E-state index contributed by atoms with van der Waals surface area (Å²) in [5.41, 5.74) is -0.231. The van der Waals surface area contributed by atoms with Gasteiger partial charge in [-0.15, -0.1) is 0 Å². The molecule has 0 aliphatic heterocycles. The predicted molar refractivity (Wildman–Crippen MR) is 65.4 cm³/mol. The van der Waals surface area contributed by atoms with E-state index in [1.54, 1.807) is 7.05 Å². The van der Waals surface area contributed by atoms with Gasteiger partial charge in [0.25, 0.3) is 0 Å². The Hall–Kier alpha value is -2.45. The molecule has 0 saturated carbocycles. The molecule has 1 aromatic heterocycles. The molecular formula is C9H14N6O3. The number of hydrogen-bond acceptors (Lipinski definition) is 7. The fourth-order valence-electron chi connectivity index (χ4n) is 1.18. The largest absolute Gasteiger partial charge is 0.364 e. The minimum absolute atomic E-state index is 0.0863. The fraction of sp³-hybridized carbons (Fsp3) is 0.444. The number of carbonyl (C=O) groups is 1. The SMILES string of the molecule is CNC(=O)CCNc1nc(NC)ncc1[N+](=O)[O-]. The summed E-state index contributed by atoms with van der Waals surface area (Å²) in [6, 6.07) is 0. The van der Waals surface area contributed by atoms with Crippen LogP contribution in [-0.2, 0) is 4.79 Å². The van der Waals surface area contributed by atoms with Gasteiger partial charge in [-0.05, 0) is 0 Å². The Labute approximate surface area is 103 Å². The summed E-state index contributed by atoms with van der Waals surface area (Å²) in [7, 11) is 3.13. The Kier molecular flexibility index (Phi) is 4.78. The van der Waals surface area contributed by atoms with E-state index in [0.717, 1.165) is 6.20 Å². The van der Waals surface area contributed by atoms with Crippen LogP contribution >= 0.6 is 0 Å². The van der Waals surface area contributed by atoms with Gasteiger partial charge in [-0.3, -0.25) is 14.9 Å². The third-order valence-corrected chi connectivity index (χ3v) is 2.11. The van der Waals surface area contributed by atoms with Gasteiger partial charge in [-0.25, -0.2) is 4.98 Å². The highest BCUT2D eigenvalue weighted by Gasteiger charge is 2.16. The van der Waals surface area contributed by atoms with E-state index < -0.39 is 4.92 Å². The van der Waals surface area contributed by atoms with Gasteiger partial charge in [0, 0.05) is 27.1 Å². The molecule has 0 aliphatic carbocycles. The number of amides is 1. The van der Waals surface area contributed by atoms with Gasteiger partial charge in [-0.1, -0.05) is 0 Å². The first-order valence-electron chi connectivity index (χ1n) is 5.22.